The molecule has 1 atom stereocenters. The molecule has 2 aromatic heterocycles. The lowest BCUT2D eigenvalue weighted by Crippen LogP contribution is -2.31. The SMILES string of the molecule is CC(Cc1nc2ccccc2s1)N(C)Cc1nnc(C2CC2)n1C. The van der Waals surface area contributed by atoms with Crippen LogP contribution >= 0.6 is 11.3 Å². The molecule has 0 radical (unpaired) electrons. The van der Waals surface area contributed by atoms with Gasteiger partial charge in [0.05, 0.1) is 21.8 Å². The van der Waals surface area contributed by atoms with Crippen molar-refractivity contribution in [1.29, 1.82) is 0 Å². The molecule has 3 aromatic rings. The van der Waals surface area contributed by atoms with Crippen LogP contribution in [0.3, 0.4) is 0 Å². The van der Waals surface area contributed by atoms with Crippen LogP contribution in [0.15, 0.2) is 24.3 Å². The zero-order valence-electron chi connectivity index (χ0n) is 14.4. The van der Waals surface area contributed by atoms with E-state index in [2.05, 4.69) is 58.9 Å². The van der Waals surface area contributed by atoms with Crippen molar-refractivity contribution in [2.24, 2.45) is 7.05 Å². The van der Waals surface area contributed by atoms with Gasteiger partial charge in [-0.25, -0.2) is 4.98 Å². The summed E-state index contributed by atoms with van der Waals surface area (Å²) < 4.78 is 3.45. The molecule has 1 fully saturated rings. The second-order valence-electron chi connectivity index (χ2n) is 6.85. The van der Waals surface area contributed by atoms with E-state index < -0.39 is 0 Å². The predicted molar refractivity (Wildman–Crippen MR) is 97.2 cm³/mol. The van der Waals surface area contributed by atoms with E-state index in [0.717, 1.165) is 30.1 Å². The van der Waals surface area contributed by atoms with Crippen LogP contribution in [-0.4, -0.2) is 37.7 Å². The monoisotopic (exact) mass is 341 g/mol. The van der Waals surface area contributed by atoms with Gasteiger partial charge in [0, 0.05) is 25.4 Å². The van der Waals surface area contributed by atoms with Gasteiger partial charge in [-0.3, -0.25) is 4.90 Å². The lowest BCUT2D eigenvalue weighted by Gasteiger charge is -2.23. The number of fused-ring (bicyclic) bond motifs is 1. The summed E-state index contributed by atoms with van der Waals surface area (Å²) in [6, 6.07) is 8.76. The minimum atomic E-state index is 0.409. The fourth-order valence-corrected chi connectivity index (χ4v) is 4.09. The summed E-state index contributed by atoms with van der Waals surface area (Å²) in [6.07, 6.45) is 3.48. The molecular weight excluding hydrogens is 318 g/mol. The summed E-state index contributed by atoms with van der Waals surface area (Å²) in [6.45, 7) is 3.08. The standard InChI is InChI=1S/C18H23N5S/c1-12(10-17-19-14-6-4-5-7-15(14)24-17)22(2)11-16-20-21-18(23(16)3)13-8-9-13/h4-7,12-13H,8-11H2,1-3H3. The molecule has 0 spiro atoms. The first-order valence-corrected chi connectivity index (χ1v) is 9.36. The lowest BCUT2D eigenvalue weighted by molar-refractivity contribution is 0.239. The molecule has 6 heteroatoms. The molecule has 0 saturated heterocycles. The van der Waals surface area contributed by atoms with Crippen molar-refractivity contribution in [2.45, 2.75) is 44.7 Å². The van der Waals surface area contributed by atoms with Crippen LogP contribution in [0.2, 0.25) is 0 Å². The van der Waals surface area contributed by atoms with E-state index in [4.69, 9.17) is 4.98 Å². The van der Waals surface area contributed by atoms with Gasteiger partial charge in [-0.2, -0.15) is 0 Å². The number of likely N-dealkylation sites (N-methyl/N-ethyl adjacent to an activating group) is 1. The lowest BCUT2D eigenvalue weighted by atomic mass is 10.2. The van der Waals surface area contributed by atoms with Gasteiger partial charge in [0.25, 0.3) is 0 Å². The summed E-state index contributed by atoms with van der Waals surface area (Å²) in [5.41, 5.74) is 1.11. The van der Waals surface area contributed by atoms with E-state index in [0.29, 0.717) is 12.0 Å². The molecule has 1 aromatic carbocycles. The number of rotatable bonds is 6. The number of benzene rings is 1. The summed E-state index contributed by atoms with van der Waals surface area (Å²) >= 11 is 1.80. The van der Waals surface area contributed by atoms with Gasteiger partial charge in [-0.05, 0) is 38.9 Å². The van der Waals surface area contributed by atoms with Crippen molar-refractivity contribution in [1.82, 2.24) is 24.6 Å². The first-order valence-electron chi connectivity index (χ1n) is 8.54. The average Bonchev–Trinajstić information content (AvgIpc) is 3.23. The normalized spacial score (nSPS) is 16.2. The van der Waals surface area contributed by atoms with Crippen LogP contribution in [0.4, 0.5) is 0 Å². The van der Waals surface area contributed by atoms with Gasteiger partial charge >= 0.3 is 0 Å². The van der Waals surface area contributed by atoms with Crippen LogP contribution in [0, 0.1) is 0 Å². The maximum absolute atomic E-state index is 4.75. The van der Waals surface area contributed by atoms with Gasteiger partial charge < -0.3 is 4.57 Å². The van der Waals surface area contributed by atoms with E-state index in [1.807, 2.05) is 6.07 Å². The van der Waals surface area contributed by atoms with Crippen molar-refractivity contribution in [3.63, 3.8) is 0 Å². The van der Waals surface area contributed by atoms with E-state index in [9.17, 15) is 0 Å². The molecule has 1 aliphatic rings. The number of para-hydroxylation sites is 1. The fourth-order valence-electron chi connectivity index (χ4n) is 3.00. The van der Waals surface area contributed by atoms with Crippen LogP contribution < -0.4 is 0 Å². The highest BCUT2D eigenvalue weighted by Gasteiger charge is 2.29. The number of thiazole rings is 1. The highest BCUT2D eigenvalue weighted by molar-refractivity contribution is 7.18. The summed E-state index contributed by atoms with van der Waals surface area (Å²) in [4.78, 5) is 7.09. The van der Waals surface area contributed by atoms with Gasteiger partial charge in [-0.1, -0.05) is 12.1 Å². The fraction of sp³-hybridized carbons (Fsp3) is 0.500. The molecule has 0 amide bonds. The highest BCUT2D eigenvalue weighted by atomic mass is 32.1. The molecule has 5 nitrogen and oxygen atoms in total. The predicted octanol–water partition coefficient (Wildman–Crippen LogP) is 3.37. The number of hydrogen-bond acceptors (Lipinski definition) is 5. The van der Waals surface area contributed by atoms with Gasteiger partial charge in [0.15, 0.2) is 0 Å². The molecule has 4 rings (SSSR count). The van der Waals surface area contributed by atoms with Crippen molar-refractivity contribution < 1.29 is 0 Å². The Bertz CT molecular complexity index is 815. The Hall–Kier alpha value is -1.79. The van der Waals surface area contributed by atoms with Crippen molar-refractivity contribution >= 4 is 21.6 Å². The zero-order valence-corrected chi connectivity index (χ0v) is 15.3. The Kier molecular flexibility index (Phi) is 4.10. The smallest absolute Gasteiger partial charge is 0.146 e. The van der Waals surface area contributed by atoms with E-state index in [1.54, 1.807) is 11.3 Å². The third kappa shape index (κ3) is 3.08. The Morgan fingerprint density at radius 3 is 2.83 bits per heavy atom. The molecule has 1 saturated carbocycles. The zero-order chi connectivity index (χ0) is 16.7. The second kappa shape index (κ2) is 6.26. The molecule has 0 aliphatic heterocycles. The topological polar surface area (TPSA) is 46.8 Å². The molecule has 24 heavy (non-hydrogen) atoms. The highest BCUT2D eigenvalue weighted by Crippen LogP contribution is 2.38. The molecule has 126 valence electrons. The third-order valence-electron chi connectivity index (χ3n) is 4.89. The molecule has 2 heterocycles. The minimum absolute atomic E-state index is 0.409. The molecule has 1 aliphatic carbocycles. The Labute approximate surface area is 146 Å². The minimum Gasteiger partial charge on any atom is -0.317 e. The first kappa shape index (κ1) is 15.7. The molecular formula is C18H23N5S. The second-order valence-corrected chi connectivity index (χ2v) is 7.97. The molecule has 1 unspecified atom stereocenters. The molecule has 0 bridgehead atoms. The van der Waals surface area contributed by atoms with Crippen LogP contribution in [-0.2, 0) is 20.0 Å². The van der Waals surface area contributed by atoms with Crippen molar-refractivity contribution in [3.8, 4) is 0 Å². The summed E-state index contributed by atoms with van der Waals surface area (Å²) in [5, 5.41) is 9.98. The maximum atomic E-state index is 4.75. The summed E-state index contributed by atoms with van der Waals surface area (Å²) in [7, 11) is 4.25. The largest absolute Gasteiger partial charge is 0.317 e. The average molecular weight is 341 g/mol. The van der Waals surface area contributed by atoms with Gasteiger partial charge in [-0.15, -0.1) is 21.5 Å². The van der Waals surface area contributed by atoms with Crippen LogP contribution in [0.1, 0.15) is 42.3 Å². The molecule has 0 N–H and O–H groups in total. The quantitative estimate of drug-likeness (QED) is 0.690. The number of nitrogens with zero attached hydrogens (tertiary/aromatic N) is 5. The Balaban J connectivity index is 1.42. The van der Waals surface area contributed by atoms with Gasteiger partial charge in [0.2, 0.25) is 0 Å². The summed E-state index contributed by atoms with van der Waals surface area (Å²) in [5.74, 6) is 2.84. The Morgan fingerprint density at radius 1 is 1.29 bits per heavy atom. The Morgan fingerprint density at radius 2 is 2.08 bits per heavy atom. The maximum Gasteiger partial charge on any atom is 0.146 e. The van der Waals surface area contributed by atoms with E-state index in [-0.39, 0.29) is 0 Å². The number of hydrogen-bond donors (Lipinski definition) is 0. The van der Waals surface area contributed by atoms with Crippen LogP contribution in [0.25, 0.3) is 10.2 Å². The first-order chi connectivity index (χ1) is 11.6. The van der Waals surface area contributed by atoms with E-state index in [1.165, 1.54) is 22.5 Å². The third-order valence-corrected chi connectivity index (χ3v) is 5.95. The van der Waals surface area contributed by atoms with E-state index >= 15 is 0 Å². The number of aromatic nitrogens is 4. The van der Waals surface area contributed by atoms with Gasteiger partial charge in [0.1, 0.15) is 11.6 Å². The van der Waals surface area contributed by atoms with Crippen molar-refractivity contribution in [3.05, 3.63) is 40.9 Å². The van der Waals surface area contributed by atoms with Crippen LogP contribution in [0.5, 0.6) is 0 Å². The van der Waals surface area contributed by atoms with Crippen molar-refractivity contribution in [2.75, 3.05) is 7.05 Å².